The molecular weight excluding hydrogens is 427 g/mol. The first-order valence-corrected chi connectivity index (χ1v) is 9.89. The lowest BCUT2D eigenvalue weighted by Gasteiger charge is -2.18. The summed E-state index contributed by atoms with van der Waals surface area (Å²) >= 11 is 6.34. The molecule has 8 heteroatoms. The van der Waals surface area contributed by atoms with E-state index in [-0.39, 0.29) is 11.8 Å². The average molecular weight is 444 g/mol. The Morgan fingerprint density at radius 3 is 2.87 bits per heavy atom. The second-order valence-corrected chi connectivity index (χ2v) is 7.43. The fourth-order valence-electron chi connectivity index (χ4n) is 3.27. The van der Waals surface area contributed by atoms with Crippen molar-refractivity contribution < 1.29 is 17.9 Å². The largest absolute Gasteiger partial charge is 0.468 e. The van der Waals surface area contributed by atoms with Gasteiger partial charge in [-0.25, -0.2) is 4.98 Å². The van der Waals surface area contributed by atoms with Crippen LogP contribution in [0.25, 0.3) is 11.1 Å². The summed E-state index contributed by atoms with van der Waals surface area (Å²) in [5.74, 6) is -0.228. The Morgan fingerprint density at radius 1 is 1.23 bits per heavy atom. The van der Waals surface area contributed by atoms with E-state index in [4.69, 9.17) is 16.3 Å². The van der Waals surface area contributed by atoms with Crippen LogP contribution in [0.4, 0.5) is 13.2 Å². The second-order valence-electron chi connectivity index (χ2n) is 7.03. The number of alkyl halides is 3. The van der Waals surface area contributed by atoms with Crippen molar-refractivity contribution in [1.82, 2.24) is 14.8 Å². The van der Waals surface area contributed by atoms with Crippen molar-refractivity contribution in [3.8, 4) is 5.88 Å². The van der Waals surface area contributed by atoms with E-state index >= 15 is 0 Å². The van der Waals surface area contributed by atoms with Gasteiger partial charge in [-0.05, 0) is 42.4 Å². The van der Waals surface area contributed by atoms with Crippen molar-refractivity contribution in [2.45, 2.75) is 25.1 Å². The molecule has 0 aromatic carbocycles. The zero-order valence-corrected chi connectivity index (χ0v) is 17.0. The molecule has 4 nitrogen and oxygen atoms in total. The van der Waals surface area contributed by atoms with E-state index in [2.05, 4.69) is 21.5 Å². The molecular formula is C23H17ClF3N3O. The molecule has 31 heavy (non-hydrogen) atoms. The Bertz CT molecular complexity index is 1180. The molecule has 4 rings (SSSR count). The third-order valence-corrected chi connectivity index (χ3v) is 4.99. The van der Waals surface area contributed by atoms with Gasteiger partial charge in [-0.3, -0.25) is 4.68 Å². The monoisotopic (exact) mass is 443 g/mol. The van der Waals surface area contributed by atoms with E-state index in [0.29, 0.717) is 23.6 Å². The van der Waals surface area contributed by atoms with Crippen molar-refractivity contribution in [3.05, 3.63) is 88.8 Å². The van der Waals surface area contributed by atoms with Gasteiger partial charge < -0.3 is 4.74 Å². The van der Waals surface area contributed by atoms with Crippen LogP contribution in [-0.4, -0.2) is 27.5 Å². The summed E-state index contributed by atoms with van der Waals surface area (Å²) in [6.07, 6.45) is 12.2. The van der Waals surface area contributed by atoms with Gasteiger partial charge in [-0.1, -0.05) is 41.3 Å². The topological polar surface area (TPSA) is 39.9 Å². The predicted molar refractivity (Wildman–Crippen MR) is 113 cm³/mol. The number of ether oxygens (including phenoxy) is 1. The number of halogens is 4. The second kappa shape index (κ2) is 8.86. The van der Waals surface area contributed by atoms with Crippen molar-refractivity contribution >= 4 is 22.7 Å². The first-order valence-electron chi connectivity index (χ1n) is 9.52. The normalized spacial score (nSPS) is 19.4. The van der Waals surface area contributed by atoms with Crippen LogP contribution in [0.3, 0.4) is 0 Å². The van der Waals surface area contributed by atoms with Gasteiger partial charge in [0.1, 0.15) is 0 Å². The number of hydrogen-bond donors (Lipinski definition) is 0. The lowest BCUT2D eigenvalue weighted by atomic mass is 9.94. The van der Waals surface area contributed by atoms with Crippen LogP contribution in [0.15, 0.2) is 66.4 Å². The Kier molecular flexibility index (Phi) is 6.01. The van der Waals surface area contributed by atoms with Crippen LogP contribution in [0.5, 0.6) is 5.88 Å². The number of rotatable bonds is 5. The SMILES string of the molecule is FC(F)(F)COc1ncc(Cn2cc3c(n2)/C=C\C=C\C=C3Cl)cc1C1C=C=C=CC1. The van der Waals surface area contributed by atoms with Crippen LogP contribution in [0, 0.1) is 0 Å². The van der Waals surface area contributed by atoms with E-state index in [1.165, 1.54) is 6.20 Å². The maximum absolute atomic E-state index is 12.7. The minimum atomic E-state index is -4.44. The molecule has 0 saturated carbocycles. The molecule has 1 atom stereocenters. The zero-order chi connectivity index (χ0) is 21.8. The third-order valence-electron chi connectivity index (χ3n) is 4.66. The summed E-state index contributed by atoms with van der Waals surface area (Å²) in [4.78, 5) is 4.17. The fourth-order valence-corrected chi connectivity index (χ4v) is 3.49. The molecule has 0 bridgehead atoms. The number of aromatic nitrogens is 3. The van der Waals surface area contributed by atoms with Crippen LogP contribution < -0.4 is 4.74 Å². The summed E-state index contributed by atoms with van der Waals surface area (Å²) in [5.41, 5.74) is 8.58. The molecule has 0 radical (unpaired) electrons. The minimum absolute atomic E-state index is 0.0351. The summed E-state index contributed by atoms with van der Waals surface area (Å²) < 4.78 is 44.7. The molecule has 2 aliphatic carbocycles. The number of fused-ring (bicyclic) bond motifs is 1. The van der Waals surface area contributed by atoms with Crippen molar-refractivity contribution in [2.24, 2.45) is 0 Å². The molecule has 2 aromatic rings. The van der Waals surface area contributed by atoms with Crippen LogP contribution in [0.1, 0.15) is 34.7 Å². The summed E-state index contributed by atoms with van der Waals surface area (Å²) in [5, 5.41) is 5.13. The lowest BCUT2D eigenvalue weighted by Crippen LogP contribution is -2.20. The van der Waals surface area contributed by atoms with Crippen LogP contribution in [0.2, 0.25) is 0 Å². The van der Waals surface area contributed by atoms with Crippen LogP contribution in [-0.2, 0) is 6.54 Å². The van der Waals surface area contributed by atoms with E-state index in [0.717, 1.165) is 16.8 Å². The van der Waals surface area contributed by atoms with Gasteiger partial charge in [0.15, 0.2) is 6.61 Å². The molecule has 0 aliphatic heterocycles. The maximum atomic E-state index is 12.7. The molecule has 1 unspecified atom stereocenters. The molecule has 0 amide bonds. The van der Waals surface area contributed by atoms with Gasteiger partial charge in [0.05, 0.1) is 17.3 Å². The Labute approximate surface area is 182 Å². The van der Waals surface area contributed by atoms with E-state index in [9.17, 15) is 13.2 Å². The third kappa shape index (κ3) is 5.28. The van der Waals surface area contributed by atoms with Gasteiger partial charge in [-0.2, -0.15) is 18.3 Å². The number of hydrogen-bond acceptors (Lipinski definition) is 3. The summed E-state index contributed by atoms with van der Waals surface area (Å²) in [6.45, 7) is -1.02. The van der Waals surface area contributed by atoms with E-state index in [1.54, 1.807) is 29.0 Å². The number of pyridine rings is 1. The maximum Gasteiger partial charge on any atom is 0.422 e. The fraction of sp³-hybridized carbons (Fsp3) is 0.217. The molecule has 2 heterocycles. The first kappa shape index (κ1) is 21.0. The minimum Gasteiger partial charge on any atom is -0.468 e. The lowest BCUT2D eigenvalue weighted by molar-refractivity contribution is -0.154. The van der Waals surface area contributed by atoms with Crippen molar-refractivity contribution in [1.29, 1.82) is 0 Å². The zero-order valence-electron chi connectivity index (χ0n) is 16.2. The van der Waals surface area contributed by atoms with Gasteiger partial charge in [0.25, 0.3) is 0 Å². The van der Waals surface area contributed by atoms with Gasteiger partial charge in [0.2, 0.25) is 5.88 Å². The number of allylic oxidation sites excluding steroid dienone is 6. The molecule has 0 N–H and O–H groups in total. The molecule has 0 spiro atoms. The first-order chi connectivity index (χ1) is 14.9. The Hall–Kier alpha value is -3.24. The molecule has 2 aromatic heterocycles. The standard InChI is InChI=1S/C23H17ClF3N3O/c24-20-9-5-2-6-10-21-19(20)14-30(29-21)13-16-11-18(17-7-3-1-4-8-17)22(28-12-16)31-15-23(25,26)27/h2-3,5-6,8-12,14,17H,7,13,15H2/b5-2+,10-6-,20-9?. The van der Waals surface area contributed by atoms with Gasteiger partial charge in [-0.15, -0.1) is 0 Å². The highest BCUT2D eigenvalue weighted by molar-refractivity contribution is 6.49. The van der Waals surface area contributed by atoms with Crippen molar-refractivity contribution in [2.75, 3.05) is 6.61 Å². The summed E-state index contributed by atoms with van der Waals surface area (Å²) in [6, 6.07) is 1.80. The Morgan fingerprint density at radius 2 is 2.10 bits per heavy atom. The predicted octanol–water partition coefficient (Wildman–Crippen LogP) is 5.78. The highest BCUT2D eigenvalue weighted by Gasteiger charge is 2.30. The number of nitrogens with zero attached hydrogens (tertiary/aromatic N) is 3. The molecule has 158 valence electrons. The van der Waals surface area contributed by atoms with Crippen LogP contribution >= 0.6 is 11.6 Å². The van der Waals surface area contributed by atoms with Crippen molar-refractivity contribution in [3.63, 3.8) is 0 Å². The van der Waals surface area contributed by atoms with Gasteiger partial charge >= 0.3 is 6.18 Å². The highest BCUT2D eigenvalue weighted by Crippen LogP contribution is 2.32. The summed E-state index contributed by atoms with van der Waals surface area (Å²) in [7, 11) is 0. The molecule has 2 aliphatic rings. The highest BCUT2D eigenvalue weighted by atomic mass is 35.5. The molecule has 0 fully saturated rings. The Balaban J connectivity index is 1.63. The molecule has 0 saturated heterocycles. The van der Waals surface area contributed by atoms with Gasteiger partial charge in [0, 0.05) is 29.4 Å². The smallest absolute Gasteiger partial charge is 0.422 e. The van der Waals surface area contributed by atoms with E-state index < -0.39 is 12.8 Å². The van der Waals surface area contributed by atoms with E-state index in [1.807, 2.05) is 30.5 Å². The average Bonchev–Trinajstić information content (AvgIpc) is 3.13. The quantitative estimate of drug-likeness (QED) is 0.549.